The van der Waals surface area contributed by atoms with Gasteiger partial charge in [-0.15, -0.1) is 0 Å². The van der Waals surface area contributed by atoms with Gasteiger partial charge in [0.05, 0.1) is 0 Å². The number of fused-ring (bicyclic) bond motifs is 1. The third-order valence-electron chi connectivity index (χ3n) is 5.11. The molecule has 0 N–H and O–H groups in total. The lowest BCUT2D eigenvalue weighted by Crippen LogP contribution is -2.42. The largest absolute Gasteiger partial charge is 0.336 e. The molecule has 1 atom stereocenters. The fourth-order valence-corrected chi connectivity index (χ4v) is 4.37. The summed E-state index contributed by atoms with van der Waals surface area (Å²) in [6, 6.07) is 6.92. The summed E-state index contributed by atoms with van der Waals surface area (Å²) in [6.45, 7) is 7.23. The van der Waals surface area contributed by atoms with Gasteiger partial charge in [0.25, 0.3) is 5.91 Å². The van der Waals surface area contributed by atoms with Crippen LogP contribution in [0.3, 0.4) is 0 Å². The van der Waals surface area contributed by atoms with Crippen LogP contribution in [0.1, 0.15) is 49.5 Å². The lowest BCUT2D eigenvalue weighted by Gasteiger charge is -2.32. The molecule has 4 heteroatoms. The second-order valence-electron chi connectivity index (χ2n) is 7.16. The molecule has 0 bridgehead atoms. The first kappa shape index (κ1) is 18.3. The normalized spacial score (nSPS) is 18.6. The molecule has 1 heterocycles. The molecule has 0 spiro atoms. The molecule has 0 saturated heterocycles. The van der Waals surface area contributed by atoms with E-state index >= 15 is 0 Å². The summed E-state index contributed by atoms with van der Waals surface area (Å²) in [5, 5.41) is 0. The van der Waals surface area contributed by atoms with Crippen molar-refractivity contribution in [3.05, 3.63) is 53.1 Å². The molecule has 1 aliphatic heterocycles. The van der Waals surface area contributed by atoms with Crippen molar-refractivity contribution >= 4 is 17.9 Å². The first-order valence-corrected chi connectivity index (χ1v) is 9.96. The highest BCUT2D eigenvalue weighted by Gasteiger charge is 2.26. The van der Waals surface area contributed by atoms with E-state index in [1.165, 1.54) is 16.0 Å². The number of rotatable bonds is 5. The van der Waals surface area contributed by atoms with Crippen molar-refractivity contribution in [3.63, 3.8) is 0 Å². The molecular weight excluding hydrogens is 328 g/mol. The standard InChI is InChI=1S/C21H28N2OS/c1-15(2)23-13-12-18-14-19(10-11-20(18)21(23)24)25-22(4)16(3)17-8-6-5-7-9-17/h6,8-11,14-16H,5,7,12-13H2,1-4H3. The van der Waals surface area contributed by atoms with Gasteiger partial charge in [-0.25, -0.2) is 4.31 Å². The monoisotopic (exact) mass is 356 g/mol. The van der Waals surface area contributed by atoms with Crippen LogP contribution in [0.25, 0.3) is 0 Å². The second kappa shape index (κ2) is 7.79. The molecule has 1 unspecified atom stereocenters. The zero-order chi connectivity index (χ0) is 18.0. The average Bonchev–Trinajstić information content (AvgIpc) is 2.61. The molecule has 25 heavy (non-hydrogen) atoms. The number of allylic oxidation sites excluding steroid dienone is 2. The number of carbonyl (C=O) groups excluding carboxylic acids is 1. The predicted octanol–water partition coefficient (Wildman–Crippen LogP) is 4.70. The smallest absolute Gasteiger partial charge is 0.254 e. The molecule has 1 aliphatic carbocycles. The summed E-state index contributed by atoms with van der Waals surface area (Å²) in [7, 11) is 2.14. The molecule has 0 radical (unpaired) electrons. The van der Waals surface area contributed by atoms with Crippen LogP contribution >= 0.6 is 11.9 Å². The predicted molar refractivity (Wildman–Crippen MR) is 106 cm³/mol. The maximum Gasteiger partial charge on any atom is 0.254 e. The highest BCUT2D eigenvalue weighted by Crippen LogP contribution is 2.30. The molecule has 1 aromatic carbocycles. The summed E-state index contributed by atoms with van der Waals surface area (Å²) in [4.78, 5) is 15.8. The highest BCUT2D eigenvalue weighted by atomic mass is 32.2. The molecule has 134 valence electrons. The van der Waals surface area contributed by atoms with Crippen LogP contribution in [0.5, 0.6) is 0 Å². The van der Waals surface area contributed by atoms with Crippen molar-refractivity contribution in [1.82, 2.24) is 9.21 Å². The number of carbonyl (C=O) groups is 1. The third kappa shape index (κ3) is 4.01. The molecule has 3 rings (SSSR count). The van der Waals surface area contributed by atoms with Gasteiger partial charge in [-0.05, 0) is 88.4 Å². The van der Waals surface area contributed by atoms with Crippen molar-refractivity contribution in [2.45, 2.75) is 57.0 Å². The van der Waals surface area contributed by atoms with E-state index in [2.05, 4.69) is 62.5 Å². The van der Waals surface area contributed by atoms with Gasteiger partial charge >= 0.3 is 0 Å². The van der Waals surface area contributed by atoms with E-state index in [9.17, 15) is 4.79 Å². The van der Waals surface area contributed by atoms with Gasteiger partial charge in [0, 0.05) is 29.1 Å². The average molecular weight is 357 g/mol. The van der Waals surface area contributed by atoms with E-state index in [1.54, 1.807) is 11.9 Å². The quantitative estimate of drug-likeness (QED) is 0.715. The Balaban J connectivity index is 1.71. The number of amides is 1. The van der Waals surface area contributed by atoms with Gasteiger partial charge < -0.3 is 4.90 Å². The topological polar surface area (TPSA) is 23.6 Å². The number of benzene rings is 1. The number of hydrogen-bond donors (Lipinski definition) is 0. The van der Waals surface area contributed by atoms with Gasteiger partial charge in [-0.2, -0.15) is 0 Å². The maximum atomic E-state index is 12.6. The van der Waals surface area contributed by atoms with Crippen molar-refractivity contribution in [2.75, 3.05) is 13.6 Å². The Morgan fingerprint density at radius 1 is 1.20 bits per heavy atom. The zero-order valence-electron chi connectivity index (χ0n) is 15.7. The van der Waals surface area contributed by atoms with Crippen molar-refractivity contribution < 1.29 is 4.79 Å². The number of nitrogens with zero attached hydrogens (tertiary/aromatic N) is 2. The lowest BCUT2D eigenvalue weighted by molar-refractivity contribution is 0.0688. The Labute approximate surface area is 155 Å². The number of hydrogen-bond acceptors (Lipinski definition) is 3. The van der Waals surface area contributed by atoms with E-state index in [1.807, 2.05) is 11.0 Å². The van der Waals surface area contributed by atoms with Crippen LogP contribution in [-0.2, 0) is 6.42 Å². The Morgan fingerprint density at radius 3 is 2.68 bits per heavy atom. The summed E-state index contributed by atoms with van der Waals surface area (Å²) in [6.07, 6.45) is 10.1. The van der Waals surface area contributed by atoms with Crippen LogP contribution in [0.4, 0.5) is 0 Å². The van der Waals surface area contributed by atoms with E-state index in [0.29, 0.717) is 6.04 Å². The first-order valence-electron chi connectivity index (χ1n) is 9.18. The maximum absolute atomic E-state index is 12.6. The summed E-state index contributed by atoms with van der Waals surface area (Å²) in [5.74, 6) is 0.173. The van der Waals surface area contributed by atoms with Crippen molar-refractivity contribution in [1.29, 1.82) is 0 Å². The molecule has 2 aliphatic rings. The van der Waals surface area contributed by atoms with Gasteiger partial charge in [0.2, 0.25) is 0 Å². The zero-order valence-corrected chi connectivity index (χ0v) is 16.5. The Morgan fingerprint density at radius 2 is 2.00 bits per heavy atom. The van der Waals surface area contributed by atoms with E-state index in [0.717, 1.165) is 31.4 Å². The fourth-order valence-electron chi connectivity index (χ4n) is 3.43. The fraction of sp³-hybridized carbons (Fsp3) is 0.476. The van der Waals surface area contributed by atoms with Crippen LogP contribution in [0, 0.1) is 0 Å². The van der Waals surface area contributed by atoms with Gasteiger partial charge in [-0.3, -0.25) is 4.79 Å². The van der Waals surface area contributed by atoms with Crippen LogP contribution in [0.2, 0.25) is 0 Å². The minimum absolute atomic E-state index is 0.173. The Hall–Kier alpha value is -1.52. The van der Waals surface area contributed by atoms with E-state index in [-0.39, 0.29) is 11.9 Å². The molecule has 0 aromatic heterocycles. The molecular formula is C21H28N2OS. The summed E-state index contributed by atoms with van der Waals surface area (Å²) >= 11 is 1.76. The Bertz CT molecular complexity index is 708. The lowest BCUT2D eigenvalue weighted by atomic mass is 9.98. The second-order valence-corrected chi connectivity index (χ2v) is 8.39. The minimum atomic E-state index is 0.173. The van der Waals surface area contributed by atoms with Gasteiger partial charge in [-0.1, -0.05) is 18.2 Å². The van der Waals surface area contributed by atoms with Crippen LogP contribution in [-0.4, -0.2) is 40.8 Å². The van der Waals surface area contributed by atoms with E-state index in [4.69, 9.17) is 0 Å². The van der Waals surface area contributed by atoms with E-state index < -0.39 is 0 Å². The van der Waals surface area contributed by atoms with Crippen molar-refractivity contribution in [2.24, 2.45) is 0 Å². The molecule has 3 nitrogen and oxygen atoms in total. The summed E-state index contributed by atoms with van der Waals surface area (Å²) < 4.78 is 2.30. The molecule has 1 aromatic rings. The van der Waals surface area contributed by atoms with Gasteiger partial charge in [0.15, 0.2) is 0 Å². The SMILES string of the molecule is CC(C1=CCCC=C1)N(C)Sc1ccc2c(c1)CCN(C(C)C)C2=O. The molecule has 0 fully saturated rings. The number of likely N-dealkylation sites (N-methyl/N-ethyl adjacent to an activating group) is 1. The third-order valence-corrected chi connectivity index (χ3v) is 6.18. The van der Waals surface area contributed by atoms with Crippen molar-refractivity contribution in [3.8, 4) is 0 Å². The minimum Gasteiger partial charge on any atom is -0.336 e. The Kier molecular flexibility index (Phi) is 5.70. The van der Waals surface area contributed by atoms with Crippen LogP contribution < -0.4 is 0 Å². The van der Waals surface area contributed by atoms with Crippen LogP contribution in [0.15, 0.2) is 46.9 Å². The first-order chi connectivity index (χ1) is 12.0. The molecule has 0 saturated carbocycles. The van der Waals surface area contributed by atoms with Gasteiger partial charge in [0.1, 0.15) is 0 Å². The molecule has 1 amide bonds. The highest BCUT2D eigenvalue weighted by molar-refractivity contribution is 7.97. The summed E-state index contributed by atoms with van der Waals surface area (Å²) in [5.41, 5.74) is 3.45.